The van der Waals surface area contributed by atoms with Gasteiger partial charge >= 0.3 is 0 Å². The first kappa shape index (κ1) is 12.3. The van der Waals surface area contributed by atoms with E-state index >= 15 is 0 Å². The van der Waals surface area contributed by atoms with Crippen LogP contribution in [0.5, 0.6) is 0 Å². The molecule has 0 amide bonds. The second-order valence-corrected chi connectivity index (χ2v) is 4.95. The molecule has 2 nitrogen and oxygen atoms in total. The zero-order valence-electron chi connectivity index (χ0n) is 10.9. The number of rotatable bonds is 3. The van der Waals surface area contributed by atoms with Gasteiger partial charge in [-0.2, -0.15) is 0 Å². The minimum absolute atomic E-state index is 0.152. The van der Waals surface area contributed by atoms with E-state index in [2.05, 4.69) is 10.3 Å². The van der Waals surface area contributed by atoms with Crippen LogP contribution in [-0.4, -0.2) is 11.5 Å². The van der Waals surface area contributed by atoms with Crippen LogP contribution in [0.15, 0.2) is 12.1 Å². The van der Waals surface area contributed by atoms with Crippen molar-refractivity contribution in [3.8, 4) is 0 Å². The van der Waals surface area contributed by atoms with Gasteiger partial charge in [0.2, 0.25) is 0 Å². The summed E-state index contributed by atoms with van der Waals surface area (Å²) in [5, 5.41) is 3.56. The van der Waals surface area contributed by atoms with E-state index in [1.54, 1.807) is 0 Å². The number of hydrogen-bond donors (Lipinski definition) is 1. The maximum Gasteiger partial charge on any atom is 0.149 e. The first-order valence-corrected chi connectivity index (χ1v) is 6.75. The maximum atomic E-state index is 14.1. The smallest absolute Gasteiger partial charge is 0.149 e. The molecule has 0 atom stereocenters. The van der Waals surface area contributed by atoms with Crippen molar-refractivity contribution in [3.05, 3.63) is 35.0 Å². The Morgan fingerprint density at radius 1 is 1.21 bits per heavy atom. The molecule has 1 N–H and O–H groups in total. The number of aromatic nitrogens is 1. The monoisotopic (exact) mass is 262 g/mol. The normalized spacial score (nSPS) is 13.8. The summed E-state index contributed by atoms with van der Waals surface area (Å²) in [6, 6.07) is 2.33. The minimum Gasteiger partial charge on any atom is -0.384 e. The number of anilines is 1. The van der Waals surface area contributed by atoms with Crippen LogP contribution >= 0.6 is 0 Å². The van der Waals surface area contributed by atoms with Gasteiger partial charge in [-0.1, -0.05) is 6.92 Å². The third kappa shape index (κ3) is 1.95. The molecule has 0 radical (unpaired) electrons. The van der Waals surface area contributed by atoms with Crippen molar-refractivity contribution in [3.63, 3.8) is 0 Å². The molecule has 1 heterocycles. The fourth-order valence-corrected chi connectivity index (χ4v) is 2.74. The summed E-state index contributed by atoms with van der Waals surface area (Å²) in [7, 11) is 0. The molecule has 0 spiro atoms. The molecule has 0 aliphatic heterocycles. The van der Waals surface area contributed by atoms with E-state index in [9.17, 15) is 8.78 Å². The first-order chi connectivity index (χ1) is 9.22. The predicted molar refractivity (Wildman–Crippen MR) is 72.5 cm³/mol. The van der Waals surface area contributed by atoms with Crippen molar-refractivity contribution in [1.29, 1.82) is 0 Å². The lowest BCUT2D eigenvalue weighted by molar-refractivity contribution is 0.615. The molecular weight excluding hydrogens is 246 g/mol. The lowest BCUT2D eigenvalue weighted by Crippen LogP contribution is -2.07. The lowest BCUT2D eigenvalue weighted by atomic mass is 10.1. The molecule has 0 saturated carbocycles. The van der Waals surface area contributed by atoms with Gasteiger partial charge in [0.1, 0.15) is 17.2 Å². The largest absolute Gasteiger partial charge is 0.384 e. The molecule has 1 aromatic carbocycles. The molecule has 0 bridgehead atoms. The van der Waals surface area contributed by atoms with Crippen LogP contribution in [0, 0.1) is 11.6 Å². The molecule has 1 aliphatic carbocycles. The van der Waals surface area contributed by atoms with Crippen LogP contribution in [-0.2, 0) is 12.8 Å². The van der Waals surface area contributed by atoms with Gasteiger partial charge in [-0.15, -0.1) is 0 Å². The van der Waals surface area contributed by atoms with Gasteiger partial charge < -0.3 is 5.32 Å². The highest BCUT2D eigenvalue weighted by molar-refractivity contribution is 5.94. The Balaban J connectivity index is 2.31. The Morgan fingerprint density at radius 2 is 2.00 bits per heavy atom. The van der Waals surface area contributed by atoms with Crippen molar-refractivity contribution >= 4 is 16.6 Å². The number of nitrogens with one attached hydrogen (secondary N) is 1. The molecule has 1 aliphatic rings. The Morgan fingerprint density at radius 3 is 2.79 bits per heavy atom. The van der Waals surface area contributed by atoms with Crippen LogP contribution in [0.2, 0.25) is 0 Å². The van der Waals surface area contributed by atoms with Crippen molar-refractivity contribution in [2.75, 3.05) is 11.9 Å². The minimum atomic E-state index is -0.453. The van der Waals surface area contributed by atoms with Gasteiger partial charge in [0.15, 0.2) is 0 Å². The topological polar surface area (TPSA) is 24.9 Å². The highest BCUT2D eigenvalue weighted by Gasteiger charge is 2.22. The van der Waals surface area contributed by atoms with Gasteiger partial charge in [-0.05, 0) is 43.4 Å². The third-order valence-electron chi connectivity index (χ3n) is 3.62. The molecule has 19 heavy (non-hydrogen) atoms. The number of benzene rings is 1. The van der Waals surface area contributed by atoms with E-state index in [0.717, 1.165) is 55.2 Å². The van der Waals surface area contributed by atoms with Crippen molar-refractivity contribution in [2.45, 2.75) is 32.6 Å². The Hall–Kier alpha value is -1.71. The molecule has 1 aromatic heterocycles. The first-order valence-electron chi connectivity index (χ1n) is 6.75. The Bertz CT molecular complexity index is 638. The van der Waals surface area contributed by atoms with Gasteiger partial charge in [0, 0.05) is 12.2 Å². The summed E-state index contributed by atoms with van der Waals surface area (Å²) < 4.78 is 28.0. The zero-order valence-corrected chi connectivity index (χ0v) is 10.9. The third-order valence-corrected chi connectivity index (χ3v) is 3.62. The fourth-order valence-electron chi connectivity index (χ4n) is 2.74. The number of halogens is 2. The van der Waals surface area contributed by atoms with Gasteiger partial charge in [-0.3, -0.25) is 0 Å². The number of aryl methyl sites for hydroxylation is 1. The Labute approximate surface area is 110 Å². The second-order valence-electron chi connectivity index (χ2n) is 4.95. The lowest BCUT2D eigenvalue weighted by Gasteiger charge is -2.15. The van der Waals surface area contributed by atoms with Crippen molar-refractivity contribution < 1.29 is 8.78 Å². The maximum absolute atomic E-state index is 14.1. The summed E-state index contributed by atoms with van der Waals surface area (Å²) in [4.78, 5) is 4.33. The molecule has 3 rings (SSSR count). The summed E-state index contributed by atoms with van der Waals surface area (Å²) in [6.45, 7) is 2.80. The second kappa shape index (κ2) is 4.76. The molecule has 0 fully saturated rings. The molecule has 100 valence electrons. The summed E-state index contributed by atoms with van der Waals surface area (Å²) in [5.74, 6) is -0.858. The summed E-state index contributed by atoms with van der Waals surface area (Å²) in [6.07, 6.45) is 3.68. The van der Waals surface area contributed by atoms with E-state index in [1.165, 1.54) is 6.07 Å². The SMILES string of the molecule is CCCNc1c2c(nc3c(F)ccc(F)c13)CCC2. The van der Waals surface area contributed by atoms with E-state index in [0.29, 0.717) is 5.39 Å². The molecule has 4 heteroatoms. The zero-order chi connectivity index (χ0) is 13.4. The van der Waals surface area contributed by atoms with Crippen LogP contribution in [0.1, 0.15) is 31.0 Å². The van der Waals surface area contributed by atoms with Crippen LogP contribution in [0.25, 0.3) is 10.9 Å². The van der Waals surface area contributed by atoms with E-state index in [-0.39, 0.29) is 5.52 Å². The predicted octanol–water partition coefficient (Wildman–Crippen LogP) is 3.82. The van der Waals surface area contributed by atoms with Gasteiger partial charge in [0.05, 0.1) is 11.1 Å². The van der Waals surface area contributed by atoms with Crippen LogP contribution < -0.4 is 5.32 Å². The molecule has 0 saturated heterocycles. The average Bonchev–Trinajstić information content (AvgIpc) is 2.87. The molecule has 2 aromatic rings. The number of nitrogens with zero attached hydrogens (tertiary/aromatic N) is 1. The molecule has 0 unspecified atom stereocenters. The van der Waals surface area contributed by atoms with Gasteiger partial charge in [0.25, 0.3) is 0 Å². The van der Waals surface area contributed by atoms with Crippen molar-refractivity contribution in [2.24, 2.45) is 0 Å². The average molecular weight is 262 g/mol. The van der Waals surface area contributed by atoms with Crippen LogP contribution in [0.4, 0.5) is 14.5 Å². The van der Waals surface area contributed by atoms with Crippen molar-refractivity contribution in [1.82, 2.24) is 4.98 Å². The number of fused-ring (bicyclic) bond motifs is 2. The fraction of sp³-hybridized carbons (Fsp3) is 0.400. The van der Waals surface area contributed by atoms with Gasteiger partial charge in [-0.25, -0.2) is 13.8 Å². The van der Waals surface area contributed by atoms with E-state index < -0.39 is 11.6 Å². The number of hydrogen-bond acceptors (Lipinski definition) is 2. The summed E-state index contributed by atoms with van der Waals surface area (Å²) >= 11 is 0. The van der Waals surface area contributed by atoms with Crippen LogP contribution in [0.3, 0.4) is 0 Å². The van der Waals surface area contributed by atoms with E-state index in [4.69, 9.17) is 0 Å². The highest BCUT2D eigenvalue weighted by atomic mass is 19.1. The summed E-state index contributed by atoms with van der Waals surface area (Å²) in [5.41, 5.74) is 2.87. The molecular formula is C15H16F2N2. The Kier molecular flexibility index (Phi) is 3.09. The van der Waals surface area contributed by atoms with E-state index in [1.807, 2.05) is 6.92 Å². The standard InChI is InChI=1S/C15H16F2N2/c1-2-8-18-14-9-4-3-5-12(9)19-15-11(17)7-6-10(16)13(14)15/h6-7H,2-5,8H2,1H3,(H,18,19). The quantitative estimate of drug-likeness (QED) is 0.909. The number of pyridine rings is 1. The highest BCUT2D eigenvalue weighted by Crippen LogP contribution is 2.36.